The Morgan fingerprint density at radius 2 is 2.15 bits per heavy atom. The van der Waals surface area contributed by atoms with Crippen molar-refractivity contribution in [3.05, 3.63) is 0 Å². The summed E-state index contributed by atoms with van der Waals surface area (Å²) in [6.07, 6.45) is 0.735. The van der Waals surface area contributed by atoms with Crippen molar-refractivity contribution in [3.63, 3.8) is 0 Å². The summed E-state index contributed by atoms with van der Waals surface area (Å²) in [4.78, 5) is 11.1. The summed E-state index contributed by atoms with van der Waals surface area (Å²) in [6.45, 7) is 5.90. The van der Waals surface area contributed by atoms with Gasteiger partial charge in [0.25, 0.3) is 0 Å². The molecular weight excluding hydrogens is 170 g/mol. The van der Waals surface area contributed by atoms with Crippen LogP contribution < -0.4 is 5.32 Å². The first-order valence-corrected chi connectivity index (χ1v) is 4.65. The van der Waals surface area contributed by atoms with E-state index in [1.54, 1.807) is 0 Å². The first-order chi connectivity index (χ1) is 6.26. The second kappa shape index (κ2) is 8.01. The monoisotopic (exact) mass is 189 g/mol. The van der Waals surface area contributed by atoms with Crippen LogP contribution in [0, 0.1) is 0 Å². The van der Waals surface area contributed by atoms with Gasteiger partial charge >= 0.3 is 5.97 Å². The van der Waals surface area contributed by atoms with Gasteiger partial charge < -0.3 is 14.8 Å². The molecule has 0 heterocycles. The van der Waals surface area contributed by atoms with Gasteiger partial charge in [0, 0.05) is 13.2 Å². The molecule has 0 aromatic rings. The number of hydrogen-bond donors (Lipinski definition) is 1. The SMILES string of the molecule is CCOCCNC(CC)C(=O)OC. The maximum absolute atomic E-state index is 11.1. The summed E-state index contributed by atoms with van der Waals surface area (Å²) in [5.74, 6) is -0.209. The van der Waals surface area contributed by atoms with Crippen molar-refractivity contribution in [3.8, 4) is 0 Å². The van der Waals surface area contributed by atoms with Crippen LogP contribution in [0.3, 0.4) is 0 Å². The van der Waals surface area contributed by atoms with Crippen molar-refractivity contribution in [2.45, 2.75) is 26.3 Å². The van der Waals surface area contributed by atoms with Gasteiger partial charge in [-0.1, -0.05) is 6.92 Å². The zero-order chi connectivity index (χ0) is 10.1. The molecule has 0 aromatic heterocycles. The minimum atomic E-state index is -0.209. The molecule has 1 atom stereocenters. The van der Waals surface area contributed by atoms with Gasteiger partial charge in [-0.25, -0.2) is 0 Å². The highest BCUT2D eigenvalue weighted by atomic mass is 16.5. The van der Waals surface area contributed by atoms with Crippen LogP contribution in [0.4, 0.5) is 0 Å². The molecule has 0 spiro atoms. The smallest absolute Gasteiger partial charge is 0.322 e. The molecule has 78 valence electrons. The molecule has 4 heteroatoms. The molecule has 0 amide bonds. The Morgan fingerprint density at radius 1 is 1.46 bits per heavy atom. The van der Waals surface area contributed by atoms with Gasteiger partial charge in [-0.2, -0.15) is 0 Å². The van der Waals surface area contributed by atoms with Crippen LogP contribution in [0.1, 0.15) is 20.3 Å². The zero-order valence-electron chi connectivity index (χ0n) is 8.63. The molecule has 0 aromatic carbocycles. The normalized spacial score (nSPS) is 12.5. The molecule has 1 N–H and O–H groups in total. The average molecular weight is 189 g/mol. The Morgan fingerprint density at radius 3 is 2.62 bits per heavy atom. The molecule has 0 aliphatic heterocycles. The molecule has 0 fully saturated rings. The lowest BCUT2D eigenvalue weighted by atomic mass is 10.2. The highest BCUT2D eigenvalue weighted by molar-refractivity contribution is 5.75. The van der Waals surface area contributed by atoms with Gasteiger partial charge in [-0.3, -0.25) is 4.79 Å². The van der Waals surface area contributed by atoms with Crippen molar-refractivity contribution in [1.82, 2.24) is 5.32 Å². The molecule has 0 bridgehead atoms. The minimum absolute atomic E-state index is 0.203. The number of rotatable bonds is 7. The minimum Gasteiger partial charge on any atom is -0.468 e. The molecule has 4 nitrogen and oxygen atoms in total. The molecular formula is C9H19NO3. The van der Waals surface area contributed by atoms with Crippen LogP contribution in [0.2, 0.25) is 0 Å². The molecule has 0 aliphatic carbocycles. The van der Waals surface area contributed by atoms with E-state index in [4.69, 9.17) is 4.74 Å². The van der Waals surface area contributed by atoms with Gasteiger partial charge in [0.1, 0.15) is 6.04 Å². The second-order valence-electron chi connectivity index (χ2n) is 2.64. The van der Waals surface area contributed by atoms with Gasteiger partial charge in [0.15, 0.2) is 0 Å². The van der Waals surface area contributed by atoms with E-state index in [0.717, 1.165) is 6.42 Å². The molecule has 0 radical (unpaired) electrons. The van der Waals surface area contributed by atoms with E-state index in [1.165, 1.54) is 7.11 Å². The number of esters is 1. The Hall–Kier alpha value is -0.610. The van der Waals surface area contributed by atoms with Gasteiger partial charge in [-0.05, 0) is 13.3 Å². The van der Waals surface area contributed by atoms with Crippen LogP contribution in [0.25, 0.3) is 0 Å². The summed E-state index contributed by atoms with van der Waals surface area (Å²) >= 11 is 0. The van der Waals surface area contributed by atoms with Crippen LogP contribution in [-0.2, 0) is 14.3 Å². The van der Waals surface area contributed by atoms with Crippen molar-refractivity contribution < 1.29 is 14.3 Å². The summed E-state index contributed by atoms with van der Waals surface area (Å²) in [5, 5.41) is 3.06. The predicted octanol–water partition coefficient (Wildman–Crippen LogP) is 0.564. The predicted molar refractivity (Wildman–Crippen MR) is 50.6 cm³/mol. The second-order valence-corrected chi connectivity index (χ2v) is 2.64. The third kappa shape index (κ3) is 5.60. The van der Waals surface area contributed by atoms with Crippen molar-refractivity contribution in [2.75, 3.05) is 26.9 Å². The Labute approximate surface area is 79.6 Å². The van der Waals surface area contributed by atoms with E-state index in [9.17, 15) is 4.79 Å². The number of ether oxygens (including phenoxy) is 2. The first kappa shape index (κ1) is 12.4. The zero-order valence-corrected chi connectivity index (χ0v) is 8.63. The molecule has 1 unspecified atom stereocenters. The largest absolute Gasteiger partial charge is 0.468 e. The fourth-order valence-corrected chi connectivity index (χ4v) is 0.986. The van der Waals surface area contributed by atoms with Crippen LogP contribution in [0.15, 0.2) is 0 Å². The van der Waals surface area contributed by atoms with E-state index < -0.39 is 0 Å². The third-order valence-electron chi connectivity index (χ3n) is 1.74. The van der Waals surface area contributed by atoms with Gasteiger partial charge in [-0.15, -0.1) is 0 Å². The van der Waals surface area contributed by atoms with Gasteiger partial charge in [0.05, 0.1) is 13.7 Å². The van der Waals surface area contributed by atoms with E-state index in [0.29, 0.717) is 19.8 Å². The summed E-state index contributed by atoms with van der Waals surface area (Å²) in [7, 11) is 1.40. The van der Waals surface area contributed by atoms with Crippen molar-refractivity contribution in [2.24, 2.45) is 0 Å². The first-order valence-electron chi connectivity index (χ1n) is 4.65. The number of hydrogen-bond acceptors (Lipinski definition) is 4. The molecule has 0 saturated heterocycles. The Balaban J connectivity index is 3.53. The quantitative estimate of drug-likeness (QED) is 0.469. The fraction of sp³-hybridized carbons (Fsp3) is 0.889. The Bertz CT molecular complexity index is 139. The Kier molecular flexibility index (Phi) is 7.63. The van der Waals surface area contributed by atoms with Gasteiger partial charge in [0.2, 0.25) is 0 Å². The van der Waals surface area contributed by atoms with Crippen LogP contribution in [-0.4, -0.2) is 38.9 Å². The summed E-state index contributed by atoms with van der Waals surface area (Å²) < 4.78 is 9.75. The summed E-state index contributed by atoms with van der Waals surface area (Å²) in [6, 6.07) is -0.203. The van der Waals surface area contributed by atoms with E-state index in [2.05, 4.69) is 10.1 Å². The van der Waals surface area contributed by atoms with E-state index in [1.807, 2.05) is 13.8 Å². The van der Waals surface area contributed by atoms with Crippen molar-refractivity contribution in [1.29, 1.82) is 0 Å². The number of carbonyl (C=O) groups excluding carboxylic acids is 1. The van der Waals surface area contributed by atoms with Crippen LogP contribution >= 0.6 is 0 Å². The molecule has 0 saturated carbocycles. The lowest BCUT2D eigenvalue weighted by Crippen LogP contribution is -2.38. The number of nitrogens with one attached hydrogen (secondary N) is 1. The summed E-state index contributed by atoms with van der Waals surface area (Å²) in [5.41, 5.74) is 0. The van der Waals surface area contributed by atoms with E-state index >= 15 is 0 Å². The van der Waals surface area contributed by atoms with Crippen LogP contribution in [0.5, 0.6) is 0 Å². The maximum Gasteiger partial charge on any atom is 0.322 e. The highest BCUT2D eigenvalue weighted by Crippen LogP contribution is 1.92. The number of methoxy groups -OCH3 is 1. The maximum atomic E-state index is 11.1. The molecule has 0 rings (SSSR count). The highest BCUT2D eigenvalue weighted by Gasteiger charge is 2.14. The van der Waals surface area contributed by atoms with Crippen molar-refractivity contribution >= 4 is 5.97 Å². The lowest BCUT2D eigenvalue weighted by Gasteiger charge is -2.13. The number of carbonyl (C=O) groups is 1. The molecule has 13 heavy (non-hydrogen) atoms. The standard InChI is InChI=1S/C9H19NO3/c1-4-8(9(11)12-3)10-6-7-13-5-2/h8,10H,4-7H2,1-3H3. The topological polar surface area (TPSA) is 47.6 Å². The third-order valence-corrected chi connectivity index (χ3v) is 1.74. The average Bonchev–Trinajstić information content (AvgIpc) is 2.17. The fourth-order valence-electron chi connectivity index (χ4n) is 0.986. The van der Waals surface area contributed by atoms with E-state index in [-0.39, 0.29) is 12.0 Å². The lowest BCUT2D eigenvalue weighted by molar-refractivity contribution is -0.143. The molecule has 0 aliphatic rings.